The molecule has 112 valence electrons. The van der Waals surface area contributed by atoms with E-state index >= 15 is 0 Å². The zero-order chi connectivity index (χ0) is 14.8. The van der Waals surface area contributed by atoms with Gasteiger partial charge in [0.25, 0.3) is 0 Å². The van der Waals surface area contributed by atoms with E-state index in [1.807, 2.05) is 4.90 Å². The molecule has 0 aliphatic carbocycles. The van der Waals surface area contributed by atoms with Crippen molar-refractivity contribution in [1.29, 1.82) is 0 Å². The molecule has 0 N–H and O–H groups in total. The summed E-state index contributed by atoms with van der Waals surface area (Å²) >= 11 is 0. The molecule has 0 amide bonds. The molecule has 0 saturated carbocycles. The predicted octanol–water partition coefficient (Wildman–Crippen LogP) is 3.37. The lowest BCUT2D eigenvalue weighted by Gasteiger charge is -2.41. The summed E-state index contributed by atoms with van der Waals surface area (Å²) in [4.78, 5) is 1.93. The minimum absolute atomic E-state index is 0.0752. The fraction of sp³-hybridized carbons (Fsp3) is 0.571. The Kier molecular flexibility index (Phi) is 4.34. The first-order chi connectivity index (χ1) is 9.36. The van der Waals surface area contributed by atoms with Gasteiger partial charge in [-0.15, -0.1) is 0 Å². The number of likely N-dealkylation sites (tertiary alicyclic amines) is 1. The van der Waals surface area contributed by atoms with Gasteiger partial charge in [0.05, 0.1) is 0 Å². The monoisotopic (exact) mass is 291 g/mol. The van der Waals surface area contributed by atoms with Gasteiger partial charge in [-0.3, -0.25) is 4.90 Å². The van der Waals surface area contributed by atoms with Crippen LogP contribution in [0.15, 0.2) is 24.3 Å². The van der Waals surface area contributed by atoms with Crippen molar-refractivity contribution in [1.82, 2.24) is 4.90 Å². The van der Waals surface area contributed by atoms with Crippen LogP contribution < -0.4 is 0 Å². The molecule has 1 aromatic carbocycles. The number of methoxy groups -OCH3 is 1. The summed E-state index contributed by atoms with van der Waals surface area (Å²) in [5, 5.41) is 0. The highest BCUT2D eigenvalue weighted by Crippen LogP contribution is 2.41. The molecule has 1 aromatic rings. The molecule has 0 spiro atoms. The third-order valence-electron chi connectivity index (χ3n) is 3.89. The van der Waals surface area contributed by atoms with E-state index in [1.54, 1.807) is 12.1 Å². The SMILES string of the molecule is COC1(C(F)(F)F)CCN(Cc2ccc(F)cc2)CC1. The zero-order valence-electron chi connectivity index (χ0n) is 11.2. The van der Waals surface area contributed by atoms with Gasteiger partial charge in [0, 0.05) is 26.7 Å². The molecule has 0 radical (unpaired) electrons. The van der Waals surface area contributed by atoms with Crippen molar-refractivity contribution < 1.29 is 22.3 Å². The van der Waals surface area contributed by atoms with E-state index in [0.29, 0.717) is 19.6 Å². The van der Waals surface area contributed by atoms with Gasteiger partial charge in [-0.1, -0.05) is 12.1 Å². The van der Waals surface area contributed by atoms with Gasteiger partial charge in [0.1, 0.15) is 5.82 Å². The summed E-state index contributed by atoms with van der Waals surface area (Å²) in [6.45, 7) is 1.15. The van der Waals surface area contributed by atoms with E-state index in [1.165, 1.54) is 12.1 Å². The van der Waals surface area contributed by atoms with Crippen LogP contribution in [-0.4, -0.2) is 36.9 Å². The summed E-state index contributed by atoms with van der Waals surface area (Å²) < 4.78 is 56.6. The number of hydrogen-bond acceptors (Lipinski definition) is 2. The molecule has 1 aliphatic rings. The quantitative estimate of drug-likeness (QED) is 0.792. The highest BCUT2D eigenvalue weighted by atomic mass is 19.4. The maximum atomic E-state index is 13.0. The molecular weight excluding hydrogens is 274 g/mol. The fourth-order valence-electron chi connectivity index (χ4n) is 2.52. The molecule has 1 saturated heterocycles. The Labute approximate surface area is 115 Å². The van der Waals surface area contributed by atoms with Crippen LogP contribution in [0.1, 0.15) is 18.4 Å². The zero-order valence-corrected chi connectivity index (χ0v) is 11.2. The van der Waals surface area contributed by atoms with Crippen LogP contribution in [-0.2, 0) is 11.3 Å². The van der Waals surface area contributed by atoms with Crippen LogP contribution in [0.4, 0.5) is 17.6 Å². The standard InChI is InChI=1S/C14H17F4NO/c1-20-13(14(16,17)18)6-8-19(9-7-13)10-11-2-4-12(15)5-3-11/h2-5H,6-10H2,1H3. The molecule has 2 nitrogen and oxygen atoms in total. The lowest BCUT2D eigenvalue weighted by molar-refractivity contribution is -0.282. The van der Waals surface area contributed by atoms with E-state index in [0.717, 1.165) is 12.7 Å². The molecule has 1 heterocycles. The van der Waals surface area contributed by atoms with Crippen molar-refractivity contribution in [2.75, 3.05) is 20.2 Å². The van der Waals surface area contributed by atoms with Crippen molar-refractivity contribution in [3.05, 3.63) is 35.6 Å². The van der Waals surface area contributed by atoms with Gasteiger partial charge in [0.2, 0.25) is 0 Å². The summed E-state index contributed by atoms with van der Waals surface area (Å²) in [6, 6.07) is 6.01. The Morgan fingerprint density at radius 3 is 2.15 bits per heavy atom. The first kappa shape index (κ1) is 15.3. The lowest BCUT2D eigenvalue weighted by atomic mass is 9.90. The topological polar surface area (TPSA) is 12.5 Å². The van der Waals surface area contributed by atoms with E-state index in [4.69, 9.17) is 4.74 Å². The number of benzene rings is 1. The number of ether oxygens (including phenoxy) is 1. The largest absolute Gasteiger partial charge is 0.417 e. The molecule has 1 aliphatic heterocycles. The van der Waals surface area contributed by atoms with E-state index in [2.05, 4.69) is 0 Å². The second-order valence-electron chi connectivity index (χ2n) is 5.10. The summed E-state index contributed by atoms with van der Waals surface area (Å²) in [6.07, 6.45) is -4.49. The number of alkyl halides is 3. The van der Waals surface area contributed by atoms with Crippen LogP contribution in [0.5, 0.6) is 0 Å². The normalized spacial score (nSPS) is 20.1. The Morgan fingerprint density at radius 1 is 1.15 bits per heavy atom. The number of nitrogens with zero attached hydrogens (tertiary/aromatic N) is 1. The summed E-state index contributed by atoms with van der Waals surface area (Å²) in [5.74, 6) is -0.317. The average molecular weight is 291 g/mol. The minimum Gasteiger partial charge on any atom is -0.369 e. The minimum atomic E-state index is -4.34. The third kappa shape index (κ3) is 3.12. The lowest BCUT2D eigenvalue weighted by Crippen LogP contribution is -2.54. The van der Waals surface area contributed by atoms with Crippen LogP contribution >= 0.6 is 0 Å². The van der Waals surface area contributed by atoms with Gasteiger partial charge in [-0.25, -0.2) is 4.39 Å². The number of rotatable bonds is 3. The summed E-state index contributed by atoms with van der Waals surface area (Å²) in [7, 11) is 1.11. The highest BCUT2D eigenvalue weighted by molar-refractivity contribution is 5.16. The van der Waals surface area contributed by atoms with Crippen LogP contribution in [0, 0.1) is 5.82 Å². The molecule has 0 bridgehead atoms. The number of hydrogen-bond donors (Lipinski definition) is 0. The molecule has 2 rings (SSSR count). The first-order valence-electron chi connectivity index (χ1n) is 6.45. The average Bonchev–Trinajstić information content (AvgIpc) is 2.41. The van der Waals surface area contributed by atoms with E-state index < -0.39 is 11.8 Å². The molecule has 0 aromatic heterocycles. The van der Waals surface area contributed by atoms with Gasteiger partial charge < -0.3 is 4.74 Å². The molecular formula is C14H17F4NO. The second kappa shape index (κ2) is 5.69. The van der Waals surface area contributed by atoms with Gasteiger partial charge in [-0.05, 0) is 30.5 Å². The second-order valence-corrected chi connectivity index (χ2v) is 5.10. The first-order valence-corrected chi connectivity index (χ1v) is 6.45. The fourth-order valence-corrected chi connectivity index (χ4v) is 2.52. The molecule has 0 atom stereocenters. The molecule has 0 unspecified atom stereocenters. The van der Waals surface area contributed by atoms with Gasteiger partial charge >= 0.3 is 6.18 Å². The van der Waals surface area contributed by atoms with Crippen molar-refractivity contribution in [3.8, 4) is 0 Å². The van der Waals surface area contributed by atoms with E-state index in [-0.39, 0.29) is 18.7 Å². The van der Waals surface area contributed by atoms with Crippen molar-refractivity contribution >= 4 is 0 Å². The molecule has 20 heavy (non-hydrogen) atoms. The Bertz CT molecular complexity index is 435. The smallest absolute Gasteiger partial charge is 0.369 e. The summed E-state index contributed by atoms with van der Waals surface area (Å²) in [5.41, 5.74) is -1.13. The number of piperidine rings is 1. The number of halogens is 4. The maximum absolute atomic E-state index is 13.0. The predicted molar refractivity (Wildman–Crippen MR) is 66.7 cm³/mol. The van der Waals surface area contributed by atoms with Gasteiger partial charge in [0.15, 0.2) is 5.60 Å². The van der Waals surface area contributed by atoms with Crippen LogP contribution in [0.25, 0.3) is 0 Å². The molecule has 1 fully saturated rings. The van der Waals surface area contributed by atoms with Crippen molar-refractivity contribution in [3.63, 3.8) is 0 Å². The van der Waals surface area contributed by atoms with E-state index in [9.17, 15) is 17.6 Å². The highest BCUT2D eigenvalue weighted by Gasteiger charge is 2.56. The Balaban J connectivity index is 1.95. The Hall–Kier alpha value is -1.14. The Morgan fingerprint density at radius 2 is 1.70 bits per heavy atom. The third-order valence-corrected chi connectivity index (χ3v) is 3.89. The van der Waals surface area contributed by atoms with Crippen LogP contribution in [0.2, 0.25) is 0 Å². The van der Waals surface area contributed by atoms with Crippen molar-refractivity contribution in [2.45, 2.75) is 31.2 Å². The van der Waals surface area contributed by atoms with Crippen LogP contribution in [0.3, 0.4) is 0 Å². The maximum Gasteiger partial charge on any atom is 0.417 e. The van der Waals surface area contributed by atoms with Gasteiger partial charge in [-0.2, -0.15) is 13.2 Å². The van der Waals surface area contributed by atoms with Crippen molar-refractivity contribution in [2.24, 2.45) is 0 Å². The molecule has 6 heteroatoms.